The third kappa shape index (κ3) is 5.38. The van der Waals surface area contributed by atoms with Crippen molar-refractivity contribution in [3.63, 3.8) is 0 Å². The number of methoxy groups -OCH3 is 2. The van der Waals surface area contributed by atoms with Gasteiger partial charge in [-0.3, -0.25) is 20.1 Å². The summed E-state index contributed by atoms with van der Waals surface area (Å²) in [7, 11) is 3.09. The number of hydrogen-bond donors (Lipinski definition) is 1. The van der Waals surface area contributed by atoms with Crippen LogP contribution in [0.25, 0.3) is 11.1 Å². The Bertz CT molecular complexity index is 1320. The zero-order chi connectivity index (χ0) is 24.1. The van der Waals surface area contributed by atoms with Crippen molar-refractivity contribution in [3.8, 4) is 27.8 Å². The van der Waals surface area contributed by atoms with Crippen molar-refractivity contribution < 1.29 is 19.0 Å². The molecule has 4 heterocycles. The lowest BCUT2D eigenvalue weighted by Gasteiger charge is -2.13. The van der Waals surface area contributed by atoms with Gasteiger partial charge in [-0.25, -0.2) is 4.98 Å². The molecule has 10 nitrogen and oxygen atoms in total. The Morgan fingerprint density at radius 1 is 1.03 bits per heavy atom. The Morgan fingerprint density at radius 3 is 2.62 bits per heavy atom. The minimum absolute atomic E-state index is 0.196. The first-order valence-electron chi connectivity index (χ1n) is 9.90. The molecular weight excluding hydrogens is 480 g/mol. The van der Waals surface area contributed by atoms with Crippen LogP contribution in [-0.4, -0.2) is 45.3 Å². The number of pyridine rings is 3. The first-order valence-corrected chi connectivity index (χ1v) is 11.1. The lowest BCUT2D eigenvalue weighted by Crippen LogP contribution is -2.14. The van der Waals surface area contributed by atoms with Gasteiger partial charge in [0.2, 0.25) is 5.13 Å². The summed E-state index contributed by atoms with van der Waals surface area (Å²) >= 11 is 7.19. The summed E-state index contributed by atoms with van der Waals surface area (Å²) in [5.74, 6) is 0.709. The van der Waals surface area contributed by atoms with Crippen molar-refractivity contribution in [2.45, 2.75) is 13.5 Å². The van der Waals surface area contributed by atoms with E-state index in [4.69, 9.17) is 25.8 Å². The van der Waals surface area contributed by atoms with Crippen LogP contribution in [0.15, 0.2) is 42.9 Å². The zero-order valence-corrected chi connectivity index (χ0v) is 20.0. The minimum atomic E-state index is -0.419. The highest BCUT2D eigenvalue weighted by Crippen LogP contribution is 2.34. The molecule has 1 amide bonds. The monoisotopic (exact) mass is 498 g/mol. The largest absolute Gasteiger partial charge is 0.495 e. The third-order valence-electron chi connectivity index (χ3n) is 4.63. The number of aromatic nitrogens is 5. The van der Waals surface area contributed by atoms with Gasteiger partial charge in [0, 0.05) is 23.0 Å². The van der Waals surface area contributed by atoms with Gasteiger partial charge in [0.15, 0.2) is 0 Å². The first kappa shape index (κ1) is 23.3. The second-order valence-corrected chi connectivity index (χ2v) is 8.21. The molecular formula is C22H19ClN6O4S. The van der Waals surface area contributed by atoms with E-state index in [1.165, 1.54) is 19.5 Å². The van der Waals surface area contributed by atoms with Gasteiger partial charge >= 0.3 is 0 Å². The van der Waals surface area contributed by atoms with Crippen LogP contribution in [0.1, 0.15) is 21.7 Å². The molecule has 0 aliphatic rings. The van der Waals surface area contributed by atoms with Crippen molar-refractivity contribution in [2.75, 3.05) is 19.5 Å². The molecule has 0 aliphatic carbocycles. The molecule has 0 bridgehead atoms. The summed E-state index contributed by atoms with van der Waals surface area (Å²) in [4.78, 5) is 25.6. The standard InChI is InChI=1S/C22H19ClN6O4S/c1-12-6-15(16-7-19(23)26-10-18(16)32-3)17(9-24-12)20(30)27-21-28-29-22(34-21)33-11-13-4-5-14(31-2)8-25-13/h4-10H,11H2,1-3H3,(H,27,28,30). The van der Waals surface area contributed by atoms with Gasteiger partial charge in [-0.15, -0.1) is 5.10 Å². The van der Waals surface area contributed by atoms with Gasteiger partial charge in [0.25, 0.3) is 11.1 Å². The Balaban J connectivity index is 1.50. The number of carbonyl (C=O) groups is 1. The molecule has 0 saturated heterocycles. The minimum Gasteiger partial charge on any atom is -0.495 e. The third-order valence-corrected chi connectivity index (χ3v) is 5.59. The van der Waals surface area contributed by atoms with Gasteiger partial charge in [0.1, 0.15) is 23.3 Å². The highest BCUT2D eigenvalue weighted by Gasteiger charge is 2.19. The molecule has 1 N–H and O–H groups in total. The molecule has 4 rings (SSSR count). The van der Waals surface area contributed by atoms with E-state index in [0.717, 1.165) is 17.0 Å². The number of nitrogens with one attached hydrogen (secondary N) is 1. The van der Waals surface area contributed by atoms with Crippen molar-refractivity contribution in [1.29, 1.82) is 0 Å². The van der Waals surface area contributed by atoms with Gasteiger partial charge in [0.05, 0.1) is 37.9 Å². The Kier molecular flexibility index (Phi) is 7.14. The maximum Gasteiger partial charge on any atom is 0.296 e. The van der Waals surface area contributed by atoms with Crippen molar-refractivity contribution in [2.24, 2.45) is 0 Å². The smallest absolute Gasteiger partial charge is 0.296 e. The van der Waals surface area contributed by atoms with Crippen LogP contribution in [0.5, 0.6) is 16.7 Å². The van der Waals surface area contributed by atoms with E-state index in [-0.39, 0.29) is 22.1 Å². The van der Waals surface area contributed by atoms with Crippen LogP contribution in [-0.2, 0) is 6.61 Å². The fourth-order valence-electron chi connectivity index (χ4n) is 2.99. The van der Waals surface area contributed by atoms with Crippen LogP contribution in [0, 0.1) is 6.92 Å². The average Bonchev–Trinajstić information content (AvgIpc) is 3.30. The summed E-state index contributed by atoms with van der Waals surface area (Å²) in [5.41, 5.74) is 2.94. The number of hydrogen-bond acceptors (Lipinski definition) is 10. The predicted octanol–water partition coefficient (Wildman–Crippen LogP) is 4.20. The fourth-order valence-corrected chi connectivity index (χ4v) is 3.74. The normalized spacial score (nSPS) is 10.6. The number of aryl methyl sites for hydroxylation is 1. The average molecular weight is 499 g/mol. The van der Waals surface area contributed by atoms with Crippen LogP contribution >= 0.6 is 22.9 Å². The van der Waals surface area contributed by atoms with E-state index >= 15 is 0 Å². The second kappa shape index (κ2) is 10.4. The van der Waals surface area contributed by atoms with E-state index in [1.807, 2.05) is 6.92 Å². The zero-order valence-electron chi connectivity index (χ0n) is 18.4. The Labute approximate surface area is 203 Å². The summed E-state index contributed by atoms with van der Waals surface area (Å²) in [6.45, 7) is 2.02. The van der Waals surface area contributed by atoms with Gasteiger partial charge < -0.3 is 14.2 Å². The fraction of sp³-hybridized carbons (Fsp3) is 0.182. The Hall–Kier alpha value is -3.83. The van der Waals surface area contributed by atoms with E-state index in [9.17, 15) is 4.79 Å². The first-order chi connectivity index (χ1) is 16.5. The summed E-state index contributed by atoms with van der Waals surface area (Å²) < 4.78 is 16.1. The number of ether oxygens (including phenoxy) is 3. The molecule has 174 valence electrons. The maximum atomic E-state index is 13.1. The van der Waals surface area contributed by atoms with Crippen LogP contribution < -0.4 is 19.5 Å². The maximum absolute atomic E-state index is 13.1. The summed E-state index contributed by atoms with van der Waals surface area (Å²) in [6, 6.07) is 6.99. The van der Waals surface area contributed by atoms with Crippen molar-refractivity contribution >= 4 is 34.0 Å². The highest BCUT2D eigenvalue weighted by atomic mass is 35.5. The summed E-state index contributed by atoms with van der Waals surface area (Å²) in [6.07, 6.45) is 4.59. The van der Waals surface area contributed by atoms with E-state index in [0.29, 0.717) is 33.9 Å². The quantitative estimate of drug-likeness (QED) is 0.356. The van der Waals surface area contributed by atoms with Crippen LogP contribution in [0.2, 0.25) is 5.15 Å². The van der Waals surface area contributed by atoms with E-state index in [1.54, 1.807) is 37.6 Å². The number of rotatable bonds is 8. The number of halogens is 1. The SMILES string of the molecule is COc1ccc(COc2nnc(NC(=O)c3cnc(C)cc3-c3cc(Cl)ncc3OC)s2)nc1. The lowest BCUT2D eigenvalue weighted by molar-refractivity contribution is 0.102. The molecule has 0 unspecified atom stereocenters. The molecule has 0 spiro atoms. The topological polar surface area (TPSA) is 121 Å². The predicted molar refractivity (Wildman–Crippen MR) is 127 cm³/mol. The van der Waals surface area contributed by atoms with Gasteiger partial charge in [-0.05, 0) is 42.5 Å². The molecule has 0 radical (unpaired) electrons. The van der Waals surface area contributed by atoms with Crippen LogP contribution in [0.3, 0.4) is 0 Å². The number of carbonyl (C=O) groups excluding carboxylic acids is 1. The van der Waals surface area contributed by atoms with Crippen molar-refractivity contribution in [1.82, 2.24) is 25.1 Å². The van der Waals surface area contributed by atoms with Gasteiger partial charge in [-0.2, -0.15) is 0 Å². The van der Waals surface area contributed by atoms with Crippen molar-refractivity contribution in [3.05, 3.63) is 65.0 Å². The molecule has 4 aromatic heterocycles. The molecule has 0 saturated carbocycles. The van der Waals surface area contributed by atoms with E-state index in [2.05, 4.69) is 30.5 Å². The molecule has 0 aliphatic heterocycles. The molecule has 0 atom stereocenters. The molecule has 12 heteroatoms. The lowest BCUT2D eigenvalue weighted by atomic mass is 10.0. The number of amides is 1. The number of nitrogens with zero attached hydrogens (tertiary/aromatic N) is 5. The second-order valence-electron chi connectivity index (χ2n) is 6.88. The number of anilines is 1. The molecule has 0 fully saturated rings. The van der Waals surface area contributed by atoms with Gasteiger partial charge in [-0.1, -0.05) is 16.7 Å². The highest BCUT2D eigenvalue weighted by molar-refractivity contribution is 7.17. The van der Waals surface area contributed by atoms with Crippen LogP contribution in [0.4, 0.5) is 5.13 Å². The molecule has 34 heavy (non-hydrogen) atoms. The van der Waals surface area contributed by atoms with E-state index < -0.39 is 5.91 Å². The molecule has 0 aromatic carbocycles. The Morgan fingerprint density at radius 2 is 1.88 bits per heavy atom. The summed E-state index contributed by atoms with van der Waals surface area (Å²) in [5, 5.41) is 11.5. The molecule has 4 aromatic rings.